The molecule has 4 nitrogen and oxygen atoms in total. The highest BCUT2D eigenvalue weighted by Gasteiger charge is 2.25. The van der Waals surface area contributed by atoms with Gasteiger partial charge in [-0.2, -0.15) is 0 Å². The number of piperidine rings is 1. The molecule has 1 saturated heterocycles. The van der Waals surface area contributed by atoms with Crippen molar-refractivity contribution in [1.29, 1.82) is 0 Å². The van der Waals surface area contributed by atoms with E-state index in [4.69, 9.17) is 4.74 Å². The second-order valence-corrected chi connectivity index (χ2v) is 7.84. The second kappa shape index (κ2) is 10.3. The average Bonchev–Trinajstić information content (AvgIpc) is 2.73. The van der Waals surface area contributed by atoms with Gasteiger partial charge in [0.2, 0.25) is 5.91 Å². The number of methoxy groups -OCH3 is 1. The molecule has 1 aliphatic heterocycles. The Balaban J connectivity index is 1.39. The van der Waals surface area contributed by atoms with E-state index in [1.165, 1.54) is 11.1 Å². The summed E-state index contributed by atoms with van der Waals surface area (Å²) in [6.45, 7) is 4.96. The van der Waals surface area contributed by atoms with Gasteiger partial charge in [-0.1, -0.05) is 42.5 Å². The standard InChI is InChI=1S/C24H32N2O2/c1-19(11-12-20-7-4-3-5-8-20)25-24(27)22-13-15-26(16-14-22)18-21-9-6-10-23(17-21)28-2/h3-10,17,19,22H,11-16,18H2,1-2H3,(H,25,27). The van der Waals surface area contributed by atoms with Crippen LogP contribution in [0.25, 0.3) is 0 Å². The van der Waals surface area contributed by atoms with E-state index in [0.29, 0.717) is 0 Å². The van der Waals surface area contributed by atoms with Crippen molar-refractivity contribution in [3.63, 3.8) is 0 Å². The van der Waals surface area contributed by atoms with E-state index in [1.54, 1.807) is 7.11 Å². The van der Waals surface area contributed by atoms with Gasteiger partial charge in [-0.3, -0.25) is 9.69 Å². The summed E-state index contributed by atoms with van der Waals surface area (Å²) in [7, 11) is 1.70. The third kappa shape index (κ3) is 6.10. The third-order valence-electron chi connectivity index (χ3n) is 5.60. The number of nitrogens with zero attached hydrogens (tertiary/aromatic N) is 1. The lowest BCUT2D eigenvalue weighted by molar-refractivity contribution is -0.127. The zero-order chi connectivity index (χ0) is 19.8. The average molecular weight is 381 g/mol. The highest BCUT2D eigenvalue weighted by atomic mass is 16.5. The van der Waals surface area contributed by atoms with Crippen LogP contribution in [0.15, 0.2) is 54.6 Å². The van der Waals surface area contributed by atoms with Crippen molar-refractivity contribution in [2.24, 2.45) is 5.92 Å². The molecule has 1 amide bonds. The number of amides is 1. The van der Waals surface area contributed by atoms with E-state index in [0.717, 1.165) is 51.1 Å². The molecule has 1 heterocycles. The van der Waals surface area contributed by atoms with Crippen molar-refractivity contribution in [3.8, 4) is 5.75 Å². The van der Waals surface area contributed by atoms with Crippen molar-refractivity contribution in [1.82, 2.24) is 10.2 Å². The van der Waals surface area contributed by atoms with Gasteiger partial charge in [0, 0.05) is 18.5 Å². The van der Waals surface area contributed by atoms with Gasteiger partial charge in [0.15, 0.2) is 0 Å². The first-order chi connectivity index (χ1) is 13.6. The first-order valence-corrected chi connectivity index (χ1v) is 10.3. The summed E-state index contributed by atoms with van der Waals surface area (Å²) in [6.07, 6.45) is 3.84. The summed E-state index contributed by atoms with van der Waals surface area (Å²) in [6, 6.07) is 18.9. The highest BCUT2D eigenvalue weighted by Crippen LogP contribution is 2.21. The number of benzene rings is 2. The molecule has 2 aromatic carbocycles. The molecule has 0 radical (unpaired) electrons. The molecule has 0 aromatic heterocycles. The fraction of sp³-hybridized carbons (Fsp3) is 0.458. The van der Waals surface area contributed by atoms with Crippen LogP contribution < -0.4 is 10.1 Å². The Morgan fingerprint density at radius 1 is 1.11 bits per heavy atom. The number of ether oxygens (including phenoxy) is 1. The molecule has 1 unspecified atom stereocenters. The molecule has 0 bridgehead atoms. The van der Waals surface area contributed by atoms with Crippen LogP contribution in [-0.2, 0) is 17.8 Å². The first-order valence-electron chi connectivity index (χ1n) is 10.3. The fourth-order valence-corrected chi connectivity index (χ4v) is 3.84. The van der Waals surface area contributed by atoms with Gasteiger partial charge < -0.3 is 10.1 Å². The van der Waals surface area contributed by atoms with Crippen LogP contribution in [0.1, 0.15) is 37.3 Å². The van der Waals surface area contributed by atoms with Crippen molar-refractivity contribution in [2.45, 2.75) is 45.2 Å². The summed E-state index contributed by atoms with van der Waals surface area (Å²) < 4.78 is 5.31. The van der Waals surface area contributed by atoms with Crippen LogP contribution in [0.4, 0.5) is 0 Å². The third-order valence-corrected chi connectivity index (χ3v) is 5.60. The van der Waals surface area contributed by atoms with Crippen LogP contribution in [0.2, 0.25) is 0 Å². The van der Waals surface area contributed by atoms with E-state index in [2.05, 4.69) is 53.5 Å². The molecule has 150 valence electrons. The van der Waals surface area contributed by atoms with Gasteiger partial charge in [0.25, 0.3) is 0 Å². The molecule has 0 saturated carbocycles. The minimum atomic E-state index is 0.140. The lowest BCUT2D eigenvalue weighted by Crippen LogP contribution is -2.43. The summed E-state index contributed by atoms with van der Waals surface area (Å²) in [4.78, 5) is 15.1. The SMILES string of the molecule is COc1cccc(CN2CCC(C(=O)NC(C)CCc3ccccc3)CC2)c1. The van der Waals surface area contributed by atoms with E-state index in [-0.39, 0.29) is 17.9 Å². The van der Waals surface area contributed by atoms with Crippen molar-refractivity contribution in [2.75, 3.05) is 20.2 Å². The summed E-state index contributed by atoms with van der Waals surface area (Å²) in [5.74, 6) is 1.26. The summed E-state index contributed by atoms with van der Waals surface area (Å²) >= 11 is 0. The molecule has 2 aromatic rings. The molecule has 4 heteroatoms. The summed E-state index contributed by atoms with van der Waals surface area (Å²) in [5, 5.41) is 3.23. The van der Waals surface area contributed by atoms with E-state index in [1.807, 2.05) is 18.2 Å². The van der Waals surface area contributed by atoms with Crippen LogP contribution >= 0.6 is 0 Å². The number of aryl methyl sites for hydroxylation is 1. The molecular formula is C24H32N2O2. The predicted molar refractivity (Wildman–Crippen MR) is 113 cm³/mol. The molecule has 1 atom stereocenters. The number of hydrogen-bond donors (Lipinski definition) is 1. The molecule has 28 heavy (non-hydrogen) atoms. The molecule has 1 N–H and O–H groups in total. The number of carbonyl (C=O) groups excluding carboxylic acids is 1. The van der Waals surface area contributed by atoms with Crippen LogP contribution in [0.3, 0.4) is 0 Å². The van der Waals surface area contributed by atoms with Crippen LogP contribution in [-0.4, -0.2) is 37.0 Å². The van der Waals surface area contributed by atoms with Gasteiger partial charge in [-0.05, 0) is 69.0 Å². The number of rotatable bonds is 8. The second-order valence-electron chi connectivity index (χ2n) is 7.84. The number of likely N-dealkylation sites (tertiary alicyclic amines) is 1. The quantitative estimate of drug-likeness (QED) is 0.751. The molecular weight excluding hydrogens is 348 g/mol. The molecule has 1 aliphatic rings. The Hall–Kier alpha value is -2.33. The number of nitrogens with one attached hydrogen (secondary N) is 1. The monoisotopic (exact) mass is 380 g/mol. The maximum Gasteiger partial charge on any atom is 0.223 e. The lowest BCUT2D eigenvalue weighted by Gasteiger charge is -2.32. The molecule has 0 aliphatic carbocycles. The number of hydrogen-bond acceptors (Lipinski definition) is 3. The first kappa shape index (κ1) is 20.4. The number of carbonyl (C=O) groups is 1. The minimum absolute atomic E-state index is 0.140. The Labute approximate surface area is 168 Å². The van der Waals surface area contributed by atoms with Gasteiger partial charge in [0.05, 0.1) is 7.11 Å². The lowest BCUT2D eigenvalue weighted by atomic mass is 9.95. The Morgan fingerprint density at radius 3 is 2.54 bits per heavy atom. The minimum Gasteiger partial charge on any atom is -0.497 e. The molecule has 0 spiro atoms. The molecule has 1 fully saturated rings. The topological polar surface area (TPSA) is 41.6 Å². The van der Waals surface area contributed by atoms with Gasteiger partial charge in [0.1, 0.15) is 5.75 Å². The van der Waals surface area contributed by atoms with Crippen molar-refractivity contribution < 1.29 is 9.53 Å². The largest absolute Gasteiger partial charge is 0.497 e. The van der Waals surface area contributed by atoms with Gasteiger partial charge in [-0.25, -0.2) is 0 Å². The molecule has 3 rings (SSSR count). The van der Waals surface area contributed by atoms with E-state index >= 15 is 0 Å². The van der Waals surface area contributed by atoms with E-state index < -0.39 is 0 Å². The Bertz CT molecular complexity index is 739. The van der Waals surface area contributed by atoms with Gasteiger partial charge in [-0.15, -0.1) is 0 Å². The maximum atomic E-state index is 12.6. The highest BCUT2D eigenvalue weighted by molar-refractivity contribution is 5.79. The van der Waals surface area contributed by atoms with E-state index in [9.17, 15) is 4.79 Å². The van der Waals surface area contributed by atoms with Crippen LogP contribution in [0.5, 0.6) is 5.75 Å². The van der Waals surface area contributed by atoms with Crippen molar-refractivity contribution >= 4 is 5.91 Å². The zero-order valence-electron chi connectivity index (χ0n) is 17.1. The Morgan fingerprint density at radius 2 is 1.82 bits per heavy atom. The summed E-state index contributed by atoms with van der Waals surface area (Å²) in [5.41, 5.74) is 2.59. The zero-order valence-corrected chi connectivity index (χ0v) is 17.1. The normalized spacial score (nSPS) is 16.5. The van der Waals surface area contributed by atoms with Gasteiger partial charge >= 0.3 is 0 Å². The fourth-order valence-electron chi connectivity index (χ4n) is 3.84. The smallest absolute Gasteiger partial charge is 0.223 e. The Kier molecular flexibility index (Phi) is 7.49. The predicted octanol–water partition coefficient (Wildman–Crippen LogP) is 4.04. The van der Waals surface area contributed by atoms with Crippen LogP contribution in [0, 0.1) is 5.92 Å². The van der Waals surface area contributed by atoms with Crippen molar-refractivity contribution in [3.05, 3.63) is 65.7 Å². The maximum absolute atomic E-state index is 12.6.